The van der Waals surface area contributed by atoms with Crippen LogP contribution in [0.25, 0.3) is 0 Å². The van der Waals surface area contributed by atoms with Crippen LogP contribution < -0.4 is 15.6 Å². The Labute approximate surface area is 88.1 Å². The predicted octanol–water partition coefficient (Wildman–Crippen LogP) is 0.457. The summed E-state index contributed by atoms with van der Waals surface area (Å²) in [4.78, 5) is 0.00291. The quantitative estimate of drug-likeness (QED) is 0.734. The van der Waals surface area contributed by atoms with Gasteiger partial charge in [0.1, 0.15) is 5.75 Å². The Bertz CT molecular complexity index is 480. The first-order chi connectivity index (χ1) is 6.97. The SMILES string of the molecule is Nc1cc(S(N)(=O)=O)ccc1OC1CC1. The molecule has 1 fully saturated rings. The summed E-state index contributed by atoms with van der Waals surface area (Å²) in [6.45, 7) is 0. The van der Waals surface area contributed by atoms with Crippen molar-refractivity contribution in [3.05, 3.63) is 18.2 Å². The van der Waals surface area contributed by atoms with Crippen molar-refractivity contribution in [3.63, 3.8) is 0 Å². The van der Waals surface area contributed by atoms with E-state index in [2.05, 4.69) is 0 Å². The van der Waals surface area contributed by atoms with Crippen molar-refractivity contribution < 1.29 is 13.2 Å². The van der Waals surface area contributed by atoms with Crippen LogP contribution in [-0.4, -0.2) is 14.5 Å². The molecule has 0 heterocycles. The number of rotatable bonds is 3. The minimum Gasteiger partial charge on any atom is -0.488 e. The highest BCUT2D eigenvalue weighted by atomic mass is 32.2. The molecule has 0 unspecified atom stereocenters. The lowest BCUT2D eigenvalue weighted by Gasteiger charge is -2.08. The Balaban J connectivity index is 2.29. The molecule has 0 spiro atoms. The van der Waals surface area contributed by atoms with Gasteiger partial charge in [-0.25, -0.2) is 13.6 Å². The van der Waals surface area contributed by atoms with Crippen molar-refractivity contribution in [2.75, 3.05) is 5.73 Å². The Morgan fingerprint density at radius 3 is 2.47 bits per heavy atom. The summed E-state index contributed by atoms with van der Waals surface area (Å²) in [5.74, 6) is 0.518. The number of hydrogen-bond acceptors (Lipinski definition) is 4. The maximum Gasteiger partial charge on any atom is 0.238 e. The van der Waals surface area contributed by atoms with Gasteiger partial charge in [0, 0.05) is 0 Å². The molecular weight excluding hydrogens is 216 g/mol. The fraction of sp³-hybridized carbons (Fsp3) is 0.333. The number of nitrogen functional groups attached to an aromatic ring is 1. The van der Waals surface area contributed by atoms with Crippen molar-refractivity contribution in [3.8, 4) is 5.75 Å². The predicted molar refractivity (Wildman–Crippen MR) is 55.9 cm³/mol. The number of nitrogens with two attached hydrogens (primary N) is 2. The molecule has 0 bridgehead atoms. The zero-order chi connectivity index (χ0) is 11.1. The van der Waals surface area contributed by atoms with E-state index in [0.717, 1.165) is 12.8 Å². The van der Waals surface area contributed by atoms with Gasteiger partial charge in [0.05, 0.1) is 16.7 Å². The van der Waals surface area contributed by atoms with Crippen molar-refractivity contribution >= 4 is 15.7 Å². The first-order valence-electron chi connectivity index (χ1n) is 4.56. The maximum atomic E-state index is 11.0. The smallest absolute Gasteiger partial charge is 0.238 e. The standard InChI is InChI=1S/C9H12N2O3S/c10-8-5-7(15(11,12)13)3-4-9(8)14-6-1-2-6/h3-6H,1-2,10H2,(H2,11,12,13). The summed E-state index contributed by atoms with van der Waals surface area (Å²) in [5.41, 5.74) is 5.95. The van der Waals surface area contributed by atoms with Crippen molar-refractivity contribution in [2.45, 2.75) is 23.8 Å². The van der Waals surface area contributed by atoms with Crippen LogP contribution in [0, 0.1) is 0 Å². The summed E-state index contributed by atoms with van der Waals surface area (Å²) in [6.07, 6.45) is 2.28. The normalized spacial score (nSPS) is 16.3. The fourth-order valence-corrected chi connectivity index (χ4v) is 1.73. The second-order valence-corrected chi connectivity index (χ2v) is 5.12. The van der Waals surface area contributed by atoms with Crippen LogP contribution in [0.15, 0.2) is 23.1 Å². The molecule has 4 N–H and O–H groups in total. The van der Waals surface area contributed by atoms with Crippen molar-refractivity contribution in [1.82, 2.24) is 0 Å². The van der Waals surface area contributed by atoms with Gasteiger partial charge in [-0.05, 0) is 31.0 Å². The summed E-state index contributed by atoms with van der Waals surface area (Å²) in [6, 6.07) is 4.24. The molecule has 15 heavy (non-hydrogen) atoms. The third kappa shape index (κ3) is 2.40. The molecule has 5 nitrogen and oxygen atoms in total. The number of hydrogen-bond donors (Lipinski definition) is 2. The zero-order valence-corrected chi connectivity index (χ0v) is 8.83. The molecule has 0 atom stereocenters. The molecule has 0 amide bonds. The maximum absolute atomic E-state index is 11.0. The monoisotopic (exact) mass is 228 g/mol. The van der Waals surface area contributed by atoms with Crippen LogP contribution in [-0.2, 0) is 10.0 Å². The van der Waals surface area contributed by atoms with Crippen molar-refractivity contribution in [2.24, 2.45) is 5.14 Å². The Kier molecular flexibility index (Phi) is 2.32. The van der Waals surface area contributed by atoms with E-state index < -0.39 is 10.0 Å². The van der Waals surface area contributed by atoms with Gasteiger partial charge in [0.25, 0.3) is 0 Å². The van der Waals surface area contributed by atoms with Gasteiger partial charge in [-0.1, -0.05) is 0 Å². The molecule has 0 aromatic heterocycles. The topological polar surface area (TPSA) is 95.4 Å². The summed E-state index contributed by atoms with van der Waals surface area (Å²) in [5, 5.41) is 4.97. The van der Waals surface area contributed by atoms with E-state index in [9.17, 15) is 8.42 Å². The highest BCUT2D eigenvalue weighted by Gasteiger charge is 2.24. The van der Waals surface area contributed by atoms with E-state index >= 15 is 0 Å². The highest BCUT2D eigenvalue weighted by Crippen LogP contribution is 2.31. The molecule has 6 heteroatoms. The van der Waals surface area contributed by atoms with E-state index in [4.69, 9.17) is 15.6 Å². The zero-order valence-electron chi connectivity index (χ0n) is 8.01. The first-order valence-corrected chi connectivity index (χ1v) is 6.10. The molecule has 1 aliphatic carbocycles. The van der Waals surface area contributed by atoms with Crippen LogP contribution >= 0.6 is 0 Å². The van der Waals surface area contributed by atoms with E-state index in [-0.39, 0.29) is 11.0 Å². The summed E-state index contributed by atoms with van der Waals surface area (Å²) >= 11 is 0. The van der Waals surface area contributed by atoms with Gasteiger partial charge in [-0.3, -0.25) is 0 Å². The molecular formula is C9H12N2O3S. The minimum absolute atomic E-state index is 0.00291. The Morgan fingerprint density at radius 1 is 1.33 bits per heavy atom. The van der Waals surface area contributed by atoms with Crippen LogP contribution in [0.2, 0.25) is 0 Å². The van der Waals surface area contributed by atoms with Crippen LogP contribution in [0.1, 0.15) is 12.8 Å². The molecule has 82 valence electrons. The lowest BCUT2D eigenvalue weighted by molar-refractivity contribution is 0.304. The van der Waals surface area contributed by atoms with E-state index in [1.54, 1.807) is 0 Å². The first kappa shape index (κ1) is 10.3. The van der Waals surface area contributed by atoms with E-state index in [0.29, 0.717) is 11.4 Å². The molecule has 1 aliphatic rings. The second-order valence-electron chi connectivity index (χ2n) is 3.56. The highest BCUT2D eigenvalue weighted by molar-refractivity contribution is 7.89. The number of benzene rings is 1. The largest absolute Gasteiger partial charge is 0.488 e. The van der Waals surface area contributed by atoms with Crippen LogP contribution in [0.5, 0.6) is 5.75 Å². The van der Waals surface area contributed by atoms with Gasteiger partial charge >= 0.3 is 0 Å². The molecule has 0 saturated heterocycles. The fourth-order valence-electron chi connectivity index (χ4n) is 1.18. The average molecular weight is 228 g/mol. The lowest BCUT2D eigenvalue weighted by atomic mass is 10.3. The molecule has 0 radical (unpaired) electrons. The Morgan fingerprint density at radius 2 is 2.00 bits per heavy atom. The van der Waals surface area contributed by atoms with E-state index in [1.165, 1.54) is 18.2 Å². The lowest BCUT2D eigenvalue weighted by Crippen LogP contribution is -2.12. The number of sulfonamides is 1. The van der Waals surface area contributed by atoms with Gasteiger partial charge in [-0.2, -0.15) is 0 Å². The average Bonchev–Trinajstić information content (AvgIpc) is 2.90. The Hall–Kier alpha value is -1.27. The molecule has 2 rings (SSSR count). The molecule has 1 aromatic carbocycles. The summed E-state index contributed by atoms with van der Waals surface area (Å²) < 4.78 is 27.5. The van der Waals surface area contributed by atoms with Crippen molar-refractivity contribution in [1.29, 1.82) is 0 Å². The van der Waals surface area contributed by atoms with Crippen LogP contribution in [0.4, 0.5) is 5.69 Å². The third-order valence-corrected chi connectivity index (χ3v) is 3.04. The van der Waals surface area contributed by atoms with Gasteiger partial charge in [-0.15, -0.1) is 0 Å². The molecule has 1 saturated carbocycles. The van der Waals surface area contributed by atoms with Gasteiger partial charge in [0.2, 0.25) is 10.0 Å². The van der Waals surface area contributed by atoms with Crippen LogP contribution in [0.3, 0.4) is 0 Å². The second kappa shape index (κ2) is 3.39. The van der Waals surface area contributed by atoms with Gasteiger partial charge < -0.3 is 10.5 Å². The minimum atomic E-state index is -3.69. The number of primary sulfonamides is 1. The number of ether oxygens (including phenoxy) is 1. The van der Waals surface area contributed by atoms with E-state index in [1.807, 2.05) is 0 Å². The molecule has 1 aromatic rings. The molecule has 0 aliphatic heterocycles. The van der Waals surface area contributed by atoms with Gasteiger partial charge in [0.15, 0.2) is 0 Å². The third-order valence-electron chi connectivity index (χ3n) is 2.13. The number of anilines is 1. The summed E-state index contributed by atoms with van der Waals surface area (Å²) in [7, 11) is -3.69.